The highest BCUT2D eigenvalue weighted by Crippen LogP contribution is 2.28. The van der Waals surface area contributed by atoms with Gasteiger partial charge in [-0.05, 0) is 43.8 Å². The largest absolute Gasteiger partial charge is 0.365 e. The van der Waals surface area contributed by atoms with E-state index in [1.54, 1.807) is 34.1 Å². The molecule has 0 bridgehead atoms. The Bertz CT molecular complexity index is 1120. The summed E-state index contributed by atoms with van der Waals surface area (Å²) in [6.45, 7) is 9.41. The van der Waals surface area contributed by atoms with Crippen LogP contribution < -0.4 is 5.32 Å². The van der Waals surface area contributed by atoms with Gasteiger partial charge in [-0.2, -0.15) is 4.31 Å². The first-order valence-electron chi connectivity index (χ1n) is 10.1. The first-order chi connectivity index (χ1) is 14.3. The minimum atomic E-state index is -3.43. The SMILES string of the molecule is Cc1ccc(S(=O)(=O)N2CCN(C[C@H](C)Nc3ncnc4c(C)csc34)CC2)cc1. The van der Waals surface area contributed by atoms with E-state index in [1.807, 2.05) is 19.1 Å². The van der Waals surface area contributed by atoms with Gasteiger partial charge in [0.1, 0.15) is 12.1 Å². The van der Waals surface area contributed by atoms with Crippen LogP contribution in [0.2, 0.25) is 0 Å². The monoisotopic (exact) mass is 445 g/mol. The Hall–Kier alpha value is -2.07. The standard InChI is InChI=1S/C21H27N5O2S2/c1-15-4-6-18(7-5-15)30(27,28)26-10-8-25(9-11-26)12-17(3)24-21-20-19(22-14-23-21)16(2)13-29-20/h4-7,13-14,17H,8-12H2,1-3H3,(H,22,23,24)/t17-/m0/s1. The van der Waals surface area contributed by atoms with Crippen molar-refractivity contribution in [1.82, 2.24) is 19.2 Å². The molecule has 9 heteroatoms. The minimum absolute atomic E-state index is 0.186. The van der Waals surface area contributed by atoms with Gasteiger partial charge >= 0.3 is 0 Å². The van der Waals surface area contributed by atoms with Crippen LogP contribution in [0.3, 0.4) is 0 Å². The minimum Gasteiger partial charge on any atom is -0.365 e. The van der Waals surface area contributed by atoms with E-state index < -0.39 is 10.0 Å². The average Bonchev–Trinajstić information content (AvgIpc) is 3.11. The molecular formula is C21H27N5O2S2. The Morgan fingerprint density at radius 3 is 2.50 bits per heavy atom. The van der Waals surface area contributed by atoms with Crippen LogP contribution in [0.15, 0.2) is 40.9 Å². The van der Waals surface area contributed by atoms with Crippen molar-refractivity contribution < 1.29 is 8.42 Å². The number of piperazine rings is 1. The molecule has 3 heterocycles. The van der Waals surface area contributed by atoms with Crippen LogP contribution in [0.25, 0.3) is 10.2 Å². The Morgan fingerprint density at radius 1 is 1.10 bits per heavy atom. The van der Waals surface area contributed by atoms with Gasteiger partial charge in [-0.1, -0.05) is 17.7 Å². The van der Waals surface area contributed by atoms with E-state index in [1.165, 1.54) is 5.56 Å². The average molecular weight is 446 g/mol. The van der Waals surface area contributed by atoms with E-state index in [0.29, 0.717) is 31.1 Å². The second-order valence-corrected chi connectivity index (χ2v) is 10.7. The molecule has 7 nitrogen and oxygen atoms in total. The topological polar surface area (TPSA) is 78.4 Å². The van der Waals surface area contributed by atoms with Crippen LogP contribution in [-0.4, -0.2) is 66.4 Å². The lowest BCUT2D eigenvalue weighted by atomic mass is 10.2. The third kappa shape index (κ3) is 4.34. The fraction of sp³-hybridized carbons (Fsp3) is 0.429. The smallest absolute Gasteiger partial charge is 0.243 e. The summed E-state index contributed by atoms with van der Waals surface area (Å²) in [5.74, 6) is 0.867. The highest BCUT2D eigenvalue weighted by Gasteiger charge is 2.28. The predicted molar refractivity (Wildman–Crippen MR) is 122 cm³/mol. The van der Waals surface area contributed by atoms with Crippen LogP contribution >= 0.6 is 11.3 Å². The molecule has 160 valence electrons. The van der Waals surface area contributed by atoms with Crippen molar-refractivity contribution in [2.45, 2.75) is 31.7 Å². The van der Waals surface area contributed by atoms with Crippen molar-refractivity contribution in [3.63, 3.8) is 0 Å². The second-order valence-electron chi connectivity index (χ2n) is 7.88. The summed E-state index contributed by atoms with van der Waals surface area (Å²) in [6, 6.07) is 7.26. The number of anilines is 1. The first-order valence-corrected chi connectivity index (χ1v) is 12.4. The van der Waals surface area contributed by atoms with E-state index in [2.05, 4.69) is 39.4 Å². The molecule has 1 aliphatic heterocycles. The van der Waals surface area contributed by atoms with Crippen LogP contribution in [0.1, 0.15) is 18.1 Å². The molecule has 0 unspecified atom stereocenters. The molecule has 0 radical (unpaired) electrons. The number of nitrogens with zero attached hydrogens (tertiary/aromatic N) is 4. The summed E-state index contributed by atoms with van der Waals surface area (Å²) in [5, 5.41) is 5.60. The highest BCUT2D eigenvalue weighted by atomic mass is 32.2. The molecular weight excluding hydrogens is 418 g/mol. The molecule has 1 aliphatic rings. The van der Waals surface area contributed by atoms with Crippen LogP contribution in [0.4, 0.5) is 5.82 Å². The lowest BCUT2D eigenvalue weighted by Crippen LogP contribution is -2.50. The molecule has 4 rings (SSSR count). The van der Waals surface area contributed by atoms with E-state index in [9.17, 15) is 8.42 Å². The van der Waals surface area contributed by atoms with Crippen LogP contribution in [-0.2, 0) is 10.0 Å². The van der Waals surface area contributed by atoms with Gasteiger partial charge in [0.05, 0.1) is 15.1 Å². The number of aromatic nitrogens is 2. The van der Waals surface area contributed by atoms with Crippen LogP contribution in [0, 0.1) is 13.8 Å². The third-order valence-corrected chi connectivity index (χ3v) is 8.44. The van der Waals surface area contributed by atoms with Gasteiger partial charge in [0.25, 0.3) is 0 Å². The summed E-state index contributed by atoms with van der Waals surface area (Å²) in [5.41, 5.74) is 3.22. The first kappa shape index (κ1) is 21.2. The van der Waals surface area contributed by atoms with Gasteiger partial charge in [-0.15, -0.1) is 11.3 Å². The van der Waals surface area contributed by atoms with Crippen LogP contribution in [0.5, 0.6) is 0 Å². The van der Waals surface area contributed by atoms with E-state index in [-0.39, 0.29) is 6.04 Å². The zero-order valence-corrected chi connectivity index (χ0v) is 19.1. The molecule has 30 heavy (non-hydrogen) atoms. The number of aryl methyl sites for hydroxylation is 2. The fourth-order valence-corrected chi connectivity index (χ4v) is 6.13. The molecule has 2 aromatic heterocycles. The van der Waals surface area contributed by atoms with Gasteiger partial charge in [-0.25, -0.2) is 18.4 Å². The number of rotatable bonds is 6. The molecule has 1 atom stereocenters. The van der Waals surface area contributed by atoms with E-state index in [4.69, 9.17) is 0 Å². The molecule has 0 amide bonds. The zero-order valence-electron chi connectivity index (χ0n) is 17.5. The molecule has 1 N–H and O–H groups in total. The van der Waals surface area contributed by atoms with Gasteiger partial charge in [0.2, 0.25) is 10.0 Å². The summed E-state index contributed by atoms with van der Waals surface area (Å²) in [7, 11) is -3.43. The number of nitrogens with one attached hydrogen (secondary N) is 1. The lowest BCUT2D eigenvalue weighted by molar-refractivity contribution is 0.184. The quantitative estimate of drug-likeness (QED) is 0.628. The summed E-state index contributed by atoms with van der Waals surface area (Å²) < 4.78 is 28.4. The van der Waals surface area contributed by atoms with Gasteiger partial charge in [-0.3, -0.25) is 4.90 Å². The Morgan fingerprint density at radius 2 is 1.80 bits per heavy atom. The molecule has 1 aromatic carbocycles. The van der Waals surface area contributed by atoms with Crippen molar-refractivity contribution in [2.24, 2.45) is 0 Å². The van der Waals surface area contributed by atoms with Crippen molar-refractivity contribution in [1.29, 1.82) is 0 Å². The van der Waals surface area contributed by atoms with Crippen molar-refractivity contribution in [2.75, 3.05) is 38.0 Å². The van der Waals surface area contributed by atoms with E-state index in [0.717, 1.165) is 28.1 Å². The van der Waals surface area contributed by atoms with Crippen molar-refractivity contribution in [3.8, 4) is 0 Å². The molecule has 1 saturated heterocycles. The normalized spacial score (nSPS) is 17.3. The van der Waals surface area contributed by atoms with Crippen molar-refractivity contribution >= 4 is 37.4 Å². The number of sulfonamides is 1. The van der Waals surface area contributed by atoms with Gasteiger partial charge < -0.3 is 5.32 Å². The Balaban J connectivity index is 1.34. The zero-order chi connectivity index (χ0) is 21.3. The molecule has 1 fully saturated rings. The third-order valence-electron chi connectivity index (χ3n) is 5.44. The number of hydrogen-bond acceptors (Lipinski definition) is 7. The number of fused-ring (bicyclic) bond motifs is 1. The number of benzene rings is 1. The summed E-state index contributed by atoms with van der Waals surface area (Å²) in [6.07, 6.45) is 1.60. The highest BCUT2D eigenvalue weighted by molar-refractivity contribution is 7.89. The van der Waals surface area contributed by atoms with Crippen molar-refractivity contribution in [3.05, 3.63) is 47.1 Å². The molecule has 3 aromatic rings. The van der Waals surface area contributed by atoms with Gasteiger partial charge in [0, 0.05) is 38.8 Å². The Kier molecular flexibility index (Phi) is 6.06. The number of thiophene rings is 1. The summed E-state index contributed by atoms with van der Waals surface area (Å²) in [4.78, 5) is 11.5. The predicted octanol–water partition coefficient (Wildman–Crippen LogP) is 3.12. The lowest BCUT2D eigenvalue weighted by Gasteiger charge is -2.35. The Labute approximate surface area is 181 Å². The van der Waals surface area contributed by atoms with Gasteiger partial charge in [0.15, 0.2) is 0 Å². The maximum Gasteiger partial charge on any atom is 0.243 e. The fourth-order valence-electron chi connectivity index (χ4n) is 3.75. The summed E-state index contributed by atoms with van der Waals surface area (Å²) >= 11 is 1.66. The second kappa shape index (κ2) is 8.58. The molecule has 0 saturated carbocycles. The molecule has 0 aliphatic carbocycles. The molecule has 0 spiro atoms. The maximum atomic E-state index is 12.9. The van der Waals surface area contributed by atoms with E-state index >= 15 is 0 Å². The maximum absolute atomic E-state index is 12.9. The number of hydrogen-bond donors (Lipinski definition) is 1.